The van der Waals surface area contributed by atoms with E-state index in [1.165, 1.54) is 19.2 Å². The molecule has 0 saturated carbocycles. The first-order valence-corrected chi connectivity index (χ1v) is 8.29. The summed E-state index contributed by atoms with van der Waals surface area (Å²) in [5.74, 6) is -2.20. The molecule has 0 fully saturated rings. The van der Waals surface area contributed by atoms with Crippen LogP contribution in [0.1, 0.15) is 18.1 Å². The predicted octanol–water partition coefficient (Wildman–Crippen LogP) is 3.40. The Kier molecular flexibility index (Phi) is 6.34. The fraction of sp³-hybridized carbons (Fsp3) is 0.263. The number of hydrogen-bond acceptors (Lipinski definition) is 3. The maximum Gasteiger partial charge on any atom is 0.313 e. The predicted molar refractivity (Wildman–Crippen MR) is 98.6 cm³/mol. The SMILES string of the molecule is COC(C)(CNC(=O)C(=O)Nc1ccc(C)c(F)c1)c1cccc(Cl)c1. The van der Waals surface area contributed by atoms with Gasteiger partial charge in [0.05, 0.1) is 6.54 Å². The molecule has 1 atom stereocenters. The molecule has 0 bridgehead atoms. The van der Waals surface area contributed by atoms with Crippen LogP contribution in [0.5, 0.6) is 0 Å². The van der Waals surface area contributed by atoms with E-state index >= 15 is 0 Å². The summed E-state index contributed by atoms with van der Waals surface area (Å²) in [5.41, 5.74) is 0.549. The molecule has 7 heteroatoms. The maximum absolute atomic E-state index is 13.5. The number of amides is 2. The van der Waals surface area contributed by atoms with Crippen molar-refractivity contribution in [2.24, 2.45) is 0 Å². The van der Waals surface area contributed by atoms with E-state index in [2.05, 4.69) is 10.6 Å². The number of nitrogens with one attached hydrogen (secondary N) is 2. The number of ether oxygens (including phenoxy) is 1. The Morgan fingerprint density at radius 2 is 1.92 bits per heavy atom. The van der Waals surface area contributed by atoms with Crippen molar-refractivity contribution >= 4 is 29.1 Å². The highest BCUT2D eigenvalue weighted by Crippen LogP contribution is 2.26. The summed E-state index contributed by atoms with van der Waals surface area (Å²) in [6.07, 6.45) is 0. The minimum absolute atomic E-state index is 0.0539. The first-order chi connectivity index (χ1) is 12.2. The van der Waals surface area contributed by atoms with Crippen LogP contribution in [0.25, 0.3) is 0 Å². The monoisotopic (exact) mass is 378 g/mol. The Bertz CT molecular complexity index is 828. The van der Waals surface area contributed by atoms with Gasteiger partial charge in [0.25, 0.3) is 0 Å². The standard InChI is InChI=1S/C19H20ClFN2O3/c1-12-7-8-15(10-16(12)21)23-18(25)17(24)22-11-19(2,26-3)13-5-4-6-14(20)9-13/h4-10H,11H2,1-3H3,(H,22,24)(H,23,25). The van der Waals surface area contributed by atoms with E-state index < -0.39 is 23.2 Å². The van der Waals surface area contributed by atoms with Crippen molar-refractivity contribution in [1.29, 1.82) is 0 Å². The second-order valence-electron chi connectivity index (χ2n) is 6.05. The van der Waals surface area contributed by atoms with Gasteiger partial charge in [-0.2, -0.15) is 0 Å². The molecule has 2 aromatic rings. The van der Waals surface area contributed by atoms with Crippen molar-refractivity contribution in [3.05, 3.63) is 64.4 Å². The lowest BCUT2D eigenvalue weighted by molar-refractivity contribution is -0.137. The molecule has 138 valence electrons. The Balaban J connectivity index is 2.01. The number of aryl methyl sites for hydroxylation is 1. The molecule has 2 N–H and O–H groups in total. The number of benzene rings is 2. The highest BCUT2D eigenvalue weighted by molar-refractivity contribution is 6.39. The van der Waals surface area contributed by atoms with Crippen molar-refractivity contribution in [2.45, 2.75) is 19.4 Å². The fourth-order valence-corrected chi connectivity index (χ4v) is 2.49. The van der Waals surface area contributed by atoms with Crippen LogP contribution in [0.15, 0.2) is 42.5 Å². The van der Waals surface area contributed by atoms with Crippen molar-refractivity contribution in [2.75, 3.05) is 19.0 Å². The fourth-order valence-electron chi connectivity index (χ4n) is 2.30. The van der Waals surface area contributed by atoms with Crippen LogP contribution in [-0.4, -0.2) is 25.5 Å². The van der Waals surface area contributed by atoms with Gasteiger partial charge in [0.15, 0.2) is 0 Å². The van der Waals surface area contributed by atoms with Crippen LogP contribution in [0.4, 0.5) is 10.1 Å². The van der Waals surface area contributed by atoms with Crippen LogP contribution < -0.4 is 10.6 Å². The van der Waals surface area contributed by atoms with Crippen LogP contribution in [0.2, 0.25) is 5.02 Å². The largest absolute Gasteiger partial charge is 0.372 e. The van der Waals surface area contributed by atoms with Gasteiger partial charge in [0.1, 0.15) is 11.4 Å². The van der Waals surface area contributed by atoms with Gasteiger partial charge in [-0.15, -0.1) is 0 Å². The average molecular weight is 379 g/mol. The van der Waals surface area contributed by atoms with Crippen molar-refractivity contribution in [3.8, 4) is 0 Å². The normalized spacial score (nSPS) is 13.0. The minimum Gasteiger partial charge on any atom is -0.372 e. The highest BCUT2D eigenvalue weighted by atomic mass is 35.5. The maximum atomic E-state index is 13.5. The Morgan fingerprint density at radius 3 is 2.54 bits per heavy atom. The minimum atomic E-state index is -0.891. The molecule has 0 saturated heterocycles. The van der Waals surface area contributed by atoms with Crippen molar-refractivity contribution < 1.29 is 18.7 Å². The molecule has 0 heterocycles. The molecular weight excluding hydrogens is 359 g/mol. The molecule has 2 amide bonds. The van der Waals surface area contributed by atoms with E-state index in [9.17, 15) is 14.0 Å². The lowest BCUT2D eigenvalue weighted by Gasteiger charge is -2.29. The number of carbonyl (C=O) groups is 2. The van der Waals surface area contributed by atoms with Crippen LogP contribution in [0.3, 0.4) is 0 Å². The summed E-state index contributed by atoms with van der Waals surface area (Å²) in [5, 5.41) is 5.42. The summed E-state index contributed by atoms with van der Waals surface area (Å²) < 4.78 is 19.0. The molecule has 2 rings (SSSR count). The topological polar surface area (TPSA) is 67.4 Å². The van der Waals surface area contributed by atoms with Gasteiger partial charge in [0, 0.05) is 17.8 Å². The highest BCUT2D eigenvalue weighted by Gasteiger charge is 2.28. The number of anilines is 1. The quantitative estimate of drug-likeness (QED) is 0.783. The number of hydrogen-bond donors (Lipinski definition) is 2. The van der Waals surface area contributed by atoms with E-state index in [0.29, 0.717) is 10.6 Å². The van der Waals surface area contributed by atoms with Gasteiger partial charge in [-0.1, -0.05) is 29.8 Å². The van der Waals surface area contributed by atoms with Gasteiger partial charge in [-0.05, 0) is 49.2 Å². The average Bonchev–Trinajstić information content (AvgIpc) is 2.62. The molecule has 0 aliphatic carbocycles. The molecular formula is C19H20ClFN2O3. The van der Waals surface area contributed by atoms with Crippen LogP contribution >= 0.6 is 11.6 Å². The van der Waals surface area contributed by atoms with Gasteiger partial charge >= 0.3 is 11.8 Å². The molecule has 0 spiro atoms. The van der Waals surface area contributed by atoms with Crippen LogP contribution in [-0.2, 0) is 19.9 Å². The summed E-state index contributed by atoms with van der Waals surface area (Å²) in [4.78, 5) is 24.1. The third-order valence-electron chi connectivity index (χ3n) is 4.11. The van der Waals surface area contributed by atoms with Gasteiger partial charge < -0.3 is 15.4 Å². The summed E-state index contributed by atoms with van der Waals surface area (Å²) >= 11 is 6.00. The Hall–Kier alpha value is -2.44. The number of rotatable bonds is 5. The molecule has 0 aliphatic rings. The second kappa shape index (κ2) is 8.29. The summed E-state index contributed by atoms with van der Waals surface area (Å²) in [7, 11) is 1.50. The van der Waals surface area contributed by atoms with E-state index in [0.717, 1.165) is 11.6 Å². The molecule has 26 heavy (non-hydrogen) atoms. The zero-order chi connectivity index (χ0) is 19.3. The zero-order valence-corrected chi connectivity index (χ0v) is 15.5. The first kappa shape index (κ1) is 19.9. The molecule has 0 aromatic heterocycles. The molecule has 1 unspecified atom stereocenters. The molecule has 2 aromatic carbocycles. The number of methoxy groups -OCH3 is 1. The first-order valence-electron chi connectivity index (χ1n) is 7.92. The van der Waals surface area contributed by atoms with Gasteiger partial charge in [-0.3, -0.25) is 9.59 Å². The zero-order valence-electron chi connectivity index (χ0n) is 14.7. The third-order valence-corrected chi connectivity index (χ3v) is 4.34. The molecule has 0 aliphatic heterocycles. The van der Waals surface area contributed by atoms with Gasteiger partial charge in [0.2, 0.25) is 0 Å². The van der Waals surface area contributed by atoms with Gasteiger partial charge in [-0.25, -0.2) is 4.39 Å². The number of carbonyl (C=O) groups excluding carboxylic acids is 2. The third kappa shape index (κ3) is 4.80. The lowest BCUT2D eigenvalue weighted by atomic mass is 9.95. The second-order valence-corrected chi connectivity index (χ2v) is 6.48. The van der Waals surface area contributed by atoms with E-state index in [4.69, 9.17) is 16.3 Å². The molecule has 0 radical (unpaired) electrons. The van der Waals surface area contributed by atoms with E-state index in [1.807, 2.05) is 6.07 Å². The van der Waals surface area contributed by atoms with Crippen molar-refractivity contribution in [3.63, 3.8) is 0 Å². The Labute approximate surface area is 156 Å². The summed E-state index contributed by atoms with van der Waals surface area (Å²) in [6.45, 7) is 3.43. The Morgan fingerprint density at radius 1 is 1.19 bits per heavy atom. The lowest BCUT2D eigenvalue weighted by Crippen LogP contribution is -2.44. The smallest absolute Gasteiger partial charge is 0.313 e. The number of halogens is 2. The van der Waals surface area contributed by atoms with Crippen molar-refractivity contribution in [1.82, 2.24) is 5.32 Å². The summed E-state index contributed by atoms with van der Waals surface area (Å²) in [6, 6.07) is 11.2. The van der Waals surface area contributed by atoms with Crippen LogP contribution in [0, 0.1) is 12.7 Å². The van der Waals surface area contributed by atoms with E-state index in [1.54, 1.807) is 32.0 Å². The van der Waals surface area contributed by atoms with E-state index in [-0.39, 0.29) is 12.2 Å². The molecule has 5 nitrogen and oxygen atoms in total.